The third kappa shape index (κ3) is 4.71. The van der Waals surface area contributed by atoms with Crippen molar-refractivity contribution < 1.29 is 4.42 Å². The Morgan fingerprint density at radius 3 is 1.38 bits per heavy atom. The molecule has 0 fully saturated rings. The van der Waals surface area contributed by atoms with E-state index in [0.717, 1.165) is 27.5 Å². The molecule has 0 atom stereocenters. The summed E-state index contributed by atoms with van der Waals surface area (Å²) in [6.45, 7) is 0. The average Bonchev–Trinajstić information content (AvgIpc) is 3.59. The standard InChI is InChI=1S/C52H32O/c1-3-13-33(14-4-1)35-23-24-37-30-40(26-25-36(37)29-35)49-42-19-9-11-21-44(42)50(45-22-12-10-20-43(45)49)52-41-18-8-7-17-39(41)32-48-51(52)46-28-27-38(31-47(46)53-48)34-15-5-2-6-16-34/h1-32H. The Morgan fingerprint density at radius 1 is 0.245 bits per heavy atom. The van der Waals surface area contributed by atoms with Crippen molar-refractivity contribution in [3.05, 3.63) is 194 Å². The lowest BCUT2D eigenvalue weighted by Crippen LogP contribution is -1.92. The second kappa shape index (κ2) is 11.8. The highest BCUT2D eigenvalue weighted by Crippen LogP contribution is 2.50. The van der Waals surface area contributed by atoms with Gasteiger partial charge < -0.3 is 4.42 Å². The predicted octanol–water partition coefficient (Wildman–Crippen LogP) is 14.9. The molecule has 11 aromatic rings. The summed E-state index contributed by atoms with van der Waals surface area (Å²) in [6, 6.07) is 70.5. The van der Waals surface area contributed by atoms with Crippen LogP contribution >= 0.6 is 0 Å². The molecule has 0 bridgehead atoms. The summed E-state index contributed by atoms with van der Waals surface area (Å²) in [4.78, 5) is 0. The summed E-state index contributed by atoms with van der Waals surface area (Å²) >= 11 is 0. The number of hydrogen-bond acceptors (Lipinski definition) is 1. The number of benzene rings is 10. The largest absolute Gasteiger partial charge is 0.456 e. The van der Waals surface area contributed by atoms with E-state index < -0.39 is 0 Å². The van der Waals surface area contributed by atoms with Crippen molar-refractivity contribution in [2.75, 3.05) is 0 Å². The zero-order valence-electron chi connectivity index (χ0n) is 28.9. The van der Waals surface area contributed by atoms with Gasteiger partial charge in [0.15, 0.2) is 0 Å². The Hall–Kier alpha value is -6.96. The van der Waals surface area contributed by atoms with E-state index in [-0.39, 0.29) is 0 Å². The summed E-state index contributed by atoms with van der Waals surface area (Å²) in [7, 11) is 0. The van der Waals surface area contributed by atoms with Gasteiger partial charge in [0.25, 0.3) is 0 Å². The average molecular weight is 673 g/mol. The van der Waals surface area contributed by atoms with Gasteiger partial charge in [-0.25, -0.2) is 0 Å². The third-order valence-corrected chi connectivity index (χ3v) is 11.0. The molecule has 53 heavy (non-hydrogen) atoms. The topological polar surface area (TPSA) is 13.1 Å². The summed E-state index contributed by atoms with van der Waals surface area (Å²) < 4.78 is 6.78. The fraction of sp³-hybridized carbons (Fsp3) is 0. The number of hydrogen-bond donors (Lipinski definition) is 0. The van der Waals surface area contributed by atoms with Gasteiger partial charge in [0.2, 0.25) is 0 Å². The normalized spacial score (nSPS) is 11.8. The van der Waals surface area contributed by atoms with Gasteiger partial charge in [-0.1, -0.05) is 164 Å². The van der Waals surface area contributed by atoms with E-state index in [9.17, 15) is 0 Å². The molecule has 11 rings (SSSR count). The van der Waals surface area contributed by atoms with Crippen molar-refractivity contribution >= 4 is 65.0 Å². The van der Waals surface area contributed by atoms with E-state index in [1.54, 1.807) is 0 Å². The minimum absolute atomic E-state index is 0.898. The van der Waals surface area contributed by atoms with Gasteiger partial charge in [0.1, 0.15) is 11.2 Å². The summed E-state index contributed by atoms with van der Waals surface area (Å²) in [6.07, 6.45) is 0. The van der Waals surface area contributed by atoms with Gasteiger partial charge >= 0.3 is 0 Å². The minimum atomic E-state index is 0.898. The van der Waals surface area contributed by atoms with E-state index in [4.69, 9.17) is 4.42 Å². The lowest BCUT2D eigenvalue weighted by atomic mass is 9.83. The Morgan fingerprint density at radius 2 is 0.736 bits per heavy atom. The van der Waals surface area contributed by atoms with Crippen LogP contribution in [0.5, 0.6) is 0 Å². The molecule has 0 unspecified atom stereocenters. The Kier molecular flexibility index (Phi) is 6.62. The molecular weight excluding hydrogens is 641 g/mol. The van der Waals surface area contributed by atoms with Gasteiger partial charge in [-0.2, -0.15) is 0 Å². The SMILES string of the molecule is c1ccc(-c2ccc3cc(-c4c5ccccc5c(-c5c6ccccc6cc6oc7cc(-c8ccccc8)ccc7c56)c5ccccc45)ccc3c2)cc1. The molecule has 1 heteroatoms. The molecule has 0 aliphatic carbocycles. The predicted molar refractivity (Wildman–Crippen MR) is 225 cm³/mol. The van der Waals surface area contributed by atoms with Crippen LogP contribution in [-0.2, 0) is 0 Å². The molecule has 1 aromatic heterocycles. The lowest BCUT2D eigenvalue weighted by molar-refractivity contribution is 0.669. The van der Waals surface area contributed by atoms with E-state index in [1.807, 2.05) is 0 Å². The van der Waals surface area contributed by atoms with Gasteiger partial charge in [0, 0.05) is 16.3 Å². The first-order chi connectivity index (χ1) is 26.3. The van der Waals surface area contributed by atoms with Gasteiger partial charge in [0.05, 0.1) is 0 Å². The smallest absolute Gasteiger partial charge is 0.136 e. The molecule has 0 saturated carbocycles. The fourth-order valence-electron chi connectivity index (χ4n) is 8.59. The summed E-state index contributed by atoms with van der Waals surface area (Å²) in [5.41, 5.74) is 11.5. The van der Waals surface area contributed by atoms with Crippen LogP contribution in [-0.4, -0.2) is 0 Å². The van der Waals surface area contributed by atoms with Crippen molar-refractivity contribution in [1.29, 1.82) is 0 Å². The molecule has 0 spiro atoms. The van der Waals surface area contributed by atoms with Crippen molar-refractivity contribution in [2.24, 2.45) is 0 Å². The summed E-state index contributed by atoms with van der Waals surface area (Å²) in [5, 5.41) is 12.1. The zero-order chi connectivity index (χ0) is 34.9. The number of fused-ring (bicyclic) bond motifs is 7. The molecule has 246 valence electrons. The van der Waals surface area contributed by atoms with Crippen molar-refractivity contribution in [3.63, 3.8) is 0 Å². The van der Waals surface area contributed by atoms with Crippen LogP contribution in [0.2, 0.25) is 0 Å². The summed E-state index contributed by atoms with van der Waals surface area (Å²) in [5.74, 6) is 0. The van der Waals surface area contributed by atoms with Crippen molar-refractivity contribution in [1.82, 2.24) is 0 Å². The van der Waals surface area contributed by atoms with Crippen LogP contribution in [0.1, 0.15) is 0 Å². The Labute approximate surface area is 307 Å². The Balaban J connectivity index is 1.20. The molecule has 1 nitrogen and oxygen atoms in total. The van der Waals surface area contributed by atoms with Crippen LogP contribution in [0, 0.1) is 0 Å². The second-order valence-electron chi connectivity index (χ2n) is 14.0. The van der Waals surface area contributed by atoms with Crippen molar-refractivity contribution in [2.45, 2.75) is 0 Å². The van der Waals surface area contributed by atoms with Gasteiger partial charge in [-0.3, -0.25) is 0 Å². The van der Waals surface area contributed by atoms with E-state index in [0.29, 0.717) is 0 Å². The highest BCUT2D eigenvalue weighted by molar-refractivity contribution is 6.30. The minimum Gasteiger partial charge on any atom is -0.456 e. The lowest BCUT2D eigenvalue weighted by Gasteiger charge is -2.20. The molecule has 0 saturated heterocycles. The molecule has 0 amide bonds. The molecule has 0 radical (unpaired) electrons. The first-order valence-electron chi connectivity index (χ1n) is 18.3. The monoisotopic (exact) mass is 672 g/mol. The molecule has 0 N–H and O–H groups in total. The van der Waals surface area contributed by atoms with Gasteiger partial charge in [-0.15, -0.1) is 0 Å². The first-order valence-corrected chi connectivity index (χ1v) is 18.3. The second-order valence-corrected chi connectivity index (χ2v) is 14.0. The van der Waals surface area contributed by atoms with Crippen molar-refractivity contribution in [3.8, 4) is 44.5 Å². The van der Waals surface area contributed by atoms with Crippen LogP contribution in [0.25, 0.3) is 110 Å². The van der Waals surface area contributed by atoms with E-state index >= 15 is 0 Å². The molecule has 10 aromatic carbocycles. The van der Waals surface area contributed by atoms with E-state index in [1.165, 1.54) is 82.0 Å². The fourth-order valence-corrected chi connectivity index (χ4v) is 8.59. The van der Waals surface area contributed by atoms with Crippen LogP contribution in [0.15, 0.2) is 199 Å². The van der Waals surface area contributed by atoms with Crippen LogP contribution in [0.4, 0.5) is 0 Å². The Bertz CT molecular complexity index is 3150. The quantitative estimate of drug-likeness (QED) is 0.170. The first kappa shape index (κ1) is 29.7. The number of rotatable bonds is 4. The molecular formula is C52H32O. The highest BCUT2D eigenvalue weighted by Gasteiger charge is 2.23. The maximum atomic E-state index is 6.78. The maximum Gasteiger partial charge on any atom is 0.136 e. The van der Waals surface area contributed by atoms with Gasteiger partial charge in [-0.05, 0) is 112 Å². The highest BCUT2D eigenvalue weighted by atomic mass is 16.3. The zero-order valence-corrected chi connectivity index (χ0v) is 28.9. The maximum absolute atomic E-state index is 6.78. The number of furan rings is 1. The van der Waals surface area contributed by atoms with Crippen LogP contribution in [0.3, 0.4) is 0 Å². The third-order valence-electron chi connectivity index (χ3n) is 11.0. The molecule has 0 aliphatic heterocycles. The molecule has 1 heterocycles. The molecule has 0 aliphatic rings. The van der Waals surface area contributed by atoms with E-state index in [2.05, 4.69) is 194 Å². The van der Waals surface area contributed by atoms with Crippen LogP contribution < -0.4 is 0 Å².